The normalized spacial score (nSPS) is 13.2. The summed E-state index contributed by atoms with van der Waals surface area (Å²) in [6.07, 6.45) is -1.65. The van der Waals surface area contributed by atoms with Crippen LogP contribution in [0.2, 0.25) is 0 Å². The smallest absolute Gasteiger partial charge is 0.176 e. The van der Waals surface area contributed by atoms with E-state index in [1.165, 1.54) is 0 Å². The lowest BCUT2D eigenvalue weighted by Crippen LogP contribution is -2.26. The minimum atomic E-state index is -0.977. The number of aryl methyl sites for hydroxylation is 1. The standard InChI is InChI=1S/C18H17N3O3/c1-12-10-14-8-5-9-16(18(14)23-12)24-17(15(22)11-20-21-19)13-6-3-2-4-7-13/h2-10,15,17,22H,11H2,1H3/t15-,17+/m1/s1. The molecule has 0 aliphatic rings. The number of nitrogens with zero attached hydrogens (tertiary/aromatic N) is 3. The summed E-state index contributed by atoms with van der Waals surface area (Å²) in [6, 6.07) is 16.9. The fourth-order valence-electron chi connectivity index (χ4n) is 2.62. The molecule has 2 atom stereocenters. The van der Waals surface area contributed by atoms with Gasteiger partial charge in [-0.05, 0) is 30.2 Å². The Morgan fingerprint density at radius 2 is 2.00 bits per heavy atom. The van der Waals surface area contributed by atoms with Crippen molar-refractivity contribution < 1.29 is 14.3 Å². The zero-order valence-electron chi connectivity index (χ0n) is 13.2. The molecule has 2 aromatic carbocycles. The van der Waals surface area contributed by atoms with Crippen molar-refractivity contribution in [1.82, 2.24) is 0 Å². The van der Waals surface area contributed by atoms with E-state index in [9.17, 15) is 5.11 Å². The van der Waals surface area contributed by atoms with Gasteiger partial charge in [0.25, 0.3) is 0 Å². The molecule has 3 aromatic rings. The number of benzene rings is 2. The van der Waals surface area contributed by atoms with Gasteiger partial charge in [0, 0.05) is 10.3 Å². The number of rotatable bonds is 6. The van der Waals surface area contributed by atoms with Crippen molar-refractivity contribution in [2.24, 2.45) is 5.11 Å². The number of aliphatic hydroxyl groups is 1. The van der Waals surface area contributed by atoms with E-state index in [1.54, 1.807) is 6.07 Å². The molecule has 0 fully saturated rings. The summed E-state index contributed by atoms with van der Waals surface area (Å²) >= 11 is 0. The summed E-state index contributed by atoms with van der Waals surface area (Å²) < 4.78 is 11.8. The Bertz CT molecular complexity index is 870. The molecule has 0 amide bonds. The van der Waals surface area contributed by atoms with Gasteiger partial charge in [-0.25, -0.2) is 0 Å². The van der Waals surface area contributed by atoms with Crippen LogP contribution in [0.15, 0.2) is 64.1 Å². The molecule has 0 aliphatic carbocycles. The minimum absolute atomic E-state index is 0.0801. The molecule has 0 unspecified atom stereocenters. The van der Waals surface area contributed by atoms with Crippen LogP contribution in [0.5, 0.6) is 5.75 Å². The van der Waals surface area contributed by atoms with Crippen molar-refractivity contribution in [2.75, 3.05) is 6.54 Å². The molecule has 1 N–H and O–H groups in total. The van der Waals surface area contributed by atoms with E-state index >= 15 is 0 Å². The average Bonchev–Trinajstić information content (AvgIpc) is 2.99. The van der Waals surface area contributed by atoms with Gasteiger partial charge in [0.2, 0.25) is 0 Å². The second-order valence-corrected chi connectivity index (χ2v) is 5.46. The van der Waals surface area contributed by atoms with E-state index in [0.29, 0.717) is 11.3 Å². The highest BCUT2D eigenvalue weighted by atomic mass is 16.5. The van der Waals surface area contributed by atoms with Crippen LogP contribution in [-0.4, -0.2) is 17.8 Å². The number of azide groups is 1. The van der Waals surface area contributed by atoms with Crippen molar-refractivity contribution in [3.8, 4) is 5.75 Å². The molecule has 0 spiro atoms. The van der Waals surface area contributed by atoms with Gasteiger partial charge in [-0.3, -0.25) is 0 Å². The van der Waals surface area contributed by atoms with Crippen LogP contribution in [0.3, 0.4) is 0 Å². The molecule has 24 heavy (non-hydrogen) atoms. The fourth-order valence-corrected chi connectivity index (χ4v) is 2.62. The summed E-state index contributed by atoms with van der Waals surface area (Å²) in [5, 5.41) is 14.8. The van der Waals surface area contributed by atoms with Gasteiger partial charge in [0.05, 0.1) is 6.54 Å². The Morgan fingerprint density at radius 1 is 1.21 bits per heavy atom. The predicted octanol–water partition coefficient (Wildman–Crippen LogP) is 4.53. The lowest BCUT2D eigenvalue weighted by molar-refractivity contribution is 0.0418. The first-order chi connectivity index (χ1) is 11.7. The Balaban J connectivity index is 1.97. The van der Waals surface area contributed by atoms with Crippen molar-refractivity contribution >= 4 is 11.0 Å². The lowest BCUT2D eigenvalue weighted by Gasteiger charge is -2.23. The van der Waals surface area contributed by atoms with Crippen molar-refractivity contribution in [3.63, 3.8) is 0 Å². The first kappa shape index (κ1) is 15.9. The first-order valence-electron chi connectivity index (χ1n) is 7.58. The Kier molecular flexibility index (Phi) is 4.70. The van der Waals surface area contributed by atoms with E-state index in [1.807, 2.05) is 55.5 Å². The Labute approximate surface area is 138 Å². The molecule has 0 saturated carbocycles. The summed E-state index contributed by atoms with van der Waals surface area (Å²) in [4.78, 5) is 2.70. The third-order valence-electron chi connectivity index (χ3n) is 3.69. The number of aliphatic hydroxyl groups excluding tert-OH is 1. The van der Waals surface area contributed by atoms with Crippen molar-refractivity contribution in [3.05, 3.63) is 76.4 Å². The highest BCUT2D eigenvalue weighted by Crippen LogP contribution is 2.33. The SMILES string of the molecule is Cc1cc2cccc(O[C@@H](c3ccccc3)[C@H](O)CN=[N+]=[N-])c2o1. The molecule has 6 heteroatoms. The molecule has 0 radical (unpaired) electrons. The van der Waals surface area contributed by atoms with Crippen molar-refractivity contribution in [1.29, 1.82) is 0 Å². The van der Waals surface area contributed by atoms with Crippen LogP contribution in [0.1, 0.15) is 17.4 Å². The van der Waals surface area contributed by atoms with Crippen LogP contribution in [0, 0.1) is 6.92 Å². The van der Waals surface area contributed by atoms with Crippen molar-refractivity contribution in [2.45, 2.75) is 19.1 Å². The van der Waals surface area contributed by atoms with E-state index < -0.39 is 12.2 Å². The summed E-state index contributed by atoms with van der Waals surface area (Å²) in [5.41, 5.74) is 9.91. The fraction of sp³-hybridized carbons (Fsp3) is 0.222. The second kappa shape index (κ2) is 7.08. The zero-order chi connectivity index (χ0) is 16.9. The van der Waals surface area contributed by atoms with Gasteiger partial charge in [-0.2, -0.15) is 0 Å². The minimum Gasteiger partial charge on any atom is -0.479 e. The number of furan rings is 1. The van der Waals surface area contributed by atoms with Crippen LogP contribution in [-0.2, 0) is 0 Å². The molecular weight excluding hydrogens is 306 g/mol. The van der Waals surface area contributed by atoms with Crippen LogP contribution in [0.4, 0.5) is 0 Å². The molecule has 1 aromatic heterocycles. The predicted molar refractivity (Wildman–Crippen MR) is 90.8 cm³/mol. The number of fused-ring (bicyclic) bond motifs is 1. The molecule has 122 valence electrons. The number of ether oxygens (including phenoxy) is 1. The monoisotopic (exact) mass is 323 g/mol. The molecule has 6 nitrogen and oxygen atoms in total. The maximum Gasteiger partial charge on any atom is 0.176 e. The third-order valence-corrected chi connectivity index (χ3v) is 3.69. The second-order valence-electron chi connectivity index (χ2n) is 5.46. The largest absolute Gasteiger partial charge is 0.479 e. The Morgan fingerprint density at radius 3 is 2.75 bits per heavy atom. The van der Waals surface area contributed by atoms with E-state index in [0.717, 1.165) is 16.7 Å². The zero-order valence-corrected chi connectivity index (χ0v) is 13.2. The number of para-hydroxylation sites is 1. The maximum atomic E-state index is 10.4. The van der Waals surface area contributed by atoms with Gasteiger partial charge in [0.15, 0.2) is 11.3 Å². The first-order valence-corrected chi connectivity index (χ1v) is 7.58. The van der Waals surface area contributed by atoms with Gasteiger partial charge in [0.1, 0.15) is 18.0 Å². The van der Waals surface area contributed by atoms with Gasteiger partial charge in [-0.1, -0.05) is 47.6 Å². The molecule has 0 bridgehead atoms. The quantitative estimate of drug-likeness (QED) is 0.410. The Hall–Kier alpha value is -2.95. The van der Waals surface area contributed by atoms with Crippen LogP contribution in [0.25, 0.3) is 21.4 Å². The van der Waals surface area contributed by atoms with E-state index in [4.69, 9.17) is 14.7 Å². The molecular formula is C18H17N3O3. The number of hydrogen-bond donors (Lipinski definition) is 1. The molecule has 0 saturated heterocycles. The van der Waals surface area contributed by atoms with Gasteiger partial charge < -0.3 is 14.3 Å². The highest BCUT2D eigenvalue weighted by molar-refractivity contribution is 5.83. The lowest BCUT2D eigenvalue weighted by atomic mass is 10.0. The molecule has 0 aliphatic heterocycles. The third kappa shape index (κ3) is 3.35. The summed E-state index contributed by atoms with van der Waals surface area (Å²) in [5.74, 6) is 1.32. The van der Waals surface area contributed by atoms with E-state index in [-0.39, 0.29) is 6.54 Å². The molecule has 3 rings (SSSR count). The number of hydrogen-bond acceptors (Lipinski definition) is 4. The molecule has 1 heterocycles. The summed E-state index contributed by atoms with van der Waals surface area (Å²) in [6.45, 7) is 1.79. The van der Waals surface area contributed by atoms with Crippen LogP contribution < -0.4 is 4.74 Å². The summed E-state index contributed by atoms with van der Waals surface area (Å²) in [7, 11) is 0. The van der Waals surface area contributed by atoms with Gasteiger partial charge >= 0.3 is 0 Å². The van der Waals surface area contributed by atoms with Gasteiger partial charge in [-0.15, -0.1) is 0 Å². The van der Waals surface area contributed by atoms with Crippen LogP contribution >= 0.6 is 0 Å². The maximum absolute atomic E-state index is 10.4. The topological polar surface area (TPSA) is 91.4 Å². The highest BCUT2D eigenvalue weighted by Gasteiger charge is 2.24. The average molecular weight is 323 g/mol. The van der Waals surface area contributed by atoms with E-state index in [2.05, 4.69) is 10.0 Å².